The predicted molar refractivity (Wildman–Crippen MR) is 72.6 cm³/mol. The zero-order chi connectivity index (χ0) is 14.7. The molecule has 0 fully saturated rings. The van der Waals surface area contributed by atoms with Crippen LogP contribution in [0.1, 0.15) is 16.2 Å². The summed E-state index contributed by atoms with van der Waals surface area (Å²) in [7, 11) is 0. The van der Waals surface area contributed by atoms with Crippen LogP contribution in [0.3, 0.4) is 0 Å². The van der Waals surface area contributed by atoms with Crippen molar-refractivity contribution in [3.63, 3.8) is 0 Å². The fourth-order valence-electron chi connectivity index (χ4n) is 1.42. The Labute approximate surface area is 122 Å². The molecule has 0 saturated carbocycles. The van der Waals surface area contributed by atoms with Crippen molar-refractivity contribution in [3.8, 4) is 5.75 Å². The van der Waals surface area contributed by atoms with E-state index in [-0.39, 0.29) is 18.2 Å². The van der Waals surface area contributed by atoms with Gasteiger partial charge in [-0.15, -0.1) is 0 Å². The number of rotatable bonds is 4. The molecule has 1 heterocycles. The third-order valence-electron chi connectivity index (χ3n) is 2.35. The lowest BCUT2D eigenvalue weighted by molar-refractivity contribution is 0.0694. The summed E-state index contributed by atoms with van der Waals surface area (Å²) in [5.41, 5.74) is -1.19. The number of para-hydroxylation sites is 1. The van der Waals surface area contributed by atoms with Gasteiger partial charge in [0, 0.05) is 6.20 Å². The average Bonchev–Trinajstić information content (AvgIpc) is 2.37. The molecule has 0 aliphatic rings. The minimum absolute atomic E-state index is 0.0986. The van der Waals surface area contributed by atoms with Crippen molar-refractivity contribution >= 4 is 29.2 Å². The highest BCUT2D eigenvalue weighted by Crippen LogP contribution is 2.32. The molecule has 0 unspecified atom stereocenters. The molecule has 2 N–H and O–H groups in total. The molecule has 2 aromatic rings. The number of carboxylic acid groups (broad SMARTS) is 1. The second kappa shape index (κ2) is 5.94. The zero-order valence-corrected chi connectivity index (χ0v) is 11.4. The molecule has 0 saturated heterocycles. The first kappa shape index (κ1) is 14.4. The largest absolute Gasteiger partial charge is 0.483 e. The summed E-state index contributed by atoms with van der Waals surface area (Å²) in [5, 5.41) is 9.35. The Morgan fingerprint density at radius 1 is 1.35 bits per heavy atom. The molecule has 2 rings (SSSR count). The van der Waals surface area contributed by atoms with Crippen molar-refractivity contribution in [2.24, 2.45) is 0 Å². The number of halogens is 2. The minimum Gasteiger partial charge on any atom is -0.483 e. The average molecular weight is 315 g/mol. The highest BCUT2D eigenvalue weighted by atomic mass is 35.5. The number of aromatic nitrogens is 2. The highest BCUT2D eigenvalue weighted by molar-refractivity contribution is 6.37. The Morgan fingerprint density at radius 3 is 2.55 bits per heavy atom. The van der Waals surface area contributed by atoms with Crippen LogP contribution in [-0.4, -0.2) is 21.0 Å². The van der Waals surface area contributed by atoms with E-state index in [9.17, 15) is 9.59 Å². The Bertz CT molecular complexity index is 695. The molecule has 0 radical (unpaired) electrons. The maximum Gasteiger partial charge on any atom is 0.342 e. The summed E-state index contributed by atoms with van der Waals surface area (Å²) in [5.74, 6) is -0.919. The fraction of sp³-hybridized carbons (Fsp3) is 0.0833. The van der Waals surface area contributed by atoms with E-state index in [1.165, 1.54) is 0 Å². The van der Waals surface area contributed by atoms with Gasteiger partial charge in [-0.2, -0.15) is 0 Å². The van der Waals surface area contributed by atoms with Crippen LogP contribution in [0.25, 0.3) is 0 Å². The van der Waals surface area contributed by atoms with E-state index in [0.29, 0.717) is 10.0 Å². The monoisotopic (exact) mass is 314 g/mol. The standard InChI is InChI=1S/C12H8Cl2N2O4/c13-7-2-1-3-8(14)10(7)20-5-9-15-4-6(12(18)19)11(17)16-9/h1-4H,5H2,(H,18,19)(H,15,16,17). The van der Waals surface area contributed by atoms with Gasteiger partial charge in [-0.25, -0.2) is 9.78 Å². The molecule has 0 aliphatic carbocycles. The third kappa shape index (κ3) is 3.09. The lowest BCUT2D eigenvalue weighted by atomic mass is 10.3. The fourth-order valence-corrected chi connectivity index (χ4v) is 1.92. The van der Waals surface area contributed by atoms with Crippen LogP contribution in [0.2, 0.25) is 10.0 Å². The van der Waals surface area contributed by atoms with Gasteiger partial charge in [0.05, 0.1) is 10.0 Å². The first-order valence-electron chi connectivity index (χ1n) is 5.37. The number of H-pyrrole nitrogens is 1. The normalized spacial score (nSPS) is 10.3. The summed E-state index contributed by atoms with van der Waals surface area (Å²) >= 11 is 11.8. The van der Waals surface area contributed by atoms with Crippen LogP contribution in [0.15, 0.2) is 29.2 Å². The second-order valence-corrected chi connectivity index (χ2v) is 4.53. The molecular formula is C12H8Cl2N2O4. The first-order valence-corrected chi connectivity index (χ1v) is 6.13. The minimum atomic E-state index is -1.35. The Balaban J connectivity index is 2.18. The van der Waals surface area contributed by atoms with E-state index in [4.69, 9.17) is 33.0 Å². The molecular weight excluding hydrogens is 307 g/mol. The second-order valence-electron chi connectivity index (χ2n) is 3.72. The van der Waals surface area contributed by atoms with Gasteiger partial charge in [0.15, 0.2) is 5.75 Å². The summed E-state index contributed by atoms with van der Waals surface area (Å²) in [6, 6.07) is 4.87. The van der Waals surface area contributed by atoms with Crippen LogP contribution in [0.4, 0.5) is 0 Å². The van der Waals surface area contributed by atoms with Crippen molar-refractivity contribution in [2.75, 3.05) is 0 Å². The van der Waals surface area contributed by atoms with Gasteiger partial charge in [0.2, 0.25) is 0 Å². The lowest BCUT2D eigenvalue weighted by Crippen LogP contribution is -2.20. The molecule has 1 aromatic heterocycles. The predicted octanol–water partition coefficient (Wildman–Crippen LogP) is 2.35. The maximum absolute atomic E-state index is 11.4. The topological polar surface area (TPSA) is 92.3 Å². The number of carboxylic acids is 1. The molecule has 20 heavy (non-hydrogen) atoms. The van der Waals surface area contributed by atoms with Crippen LogP contribution in [0.5, 0.6) is 5.75 Å². The summed E-state index contributed by atoms with van der Waals surface area (Å²) in [4.78, 5) is 28.2. The van der Waals surface area contributed by atoms with E-state index in [1.807, 2.05) is 0 Å². The number of aromatic amines is 1. The summed E-state index contributed by atoms with van der Waals surface area (Å²) < 4.78 is 5.37. The van der Waals surface area contributed by atoms with Gasteiger partial charge >= 0.3 is 5.97 Å². The van der Waals surface area contributed by atoms with Crippen LogP contribution in [-0.2, 0) is 6.61 Å². The zero-order valence-electron chi connectivity index (χ0n) is 9.89. The molecule has 0 aliphatic heterocycles. The number of hydrogen-bond donors (Lipinski definition) is 2. The molecule has 104 valence electrons. The number of benzene rings is 1. The van der Waals surface area contributed by atoms with E-state index in [2.05, 4.69) is 9.97 Å². The molecule has 0 atom stereocenters. The van der Waals surface area contributed by atoms with Gasteiger partial charge in [-0.05, 0) is 12.1 Å². The lowest BCUT2D eigenvalue weighted by Gasteiger charge is -2.09. The van der Waals surface area contributed by atoms with Crippen molar-refractivity contribution in [2.45, 2.75) is 6.61 Å². The Morgan fingerprint density at radius 2 is 2.00 bits per heavy atom. The summed E-state index contributed by atoms with van der Waals surface area (Å²) in [6.07, 6.45) is 0.966. The van der Waals surface area contributed by atoms with E-state index >= 15 is 0 Å². The number of nitrogens with one attached hydrogen (secondary N) is 1. The Hall–Kier alpha value is -2.05. The van der Waals surface area contributed by atoms with Gasteiger partial charge in [-0.3, -0.25) is 4.79 Å². The third-order valence-corrected chi connectivity index (χ3v) is 2.95. The quantitative estimate of drug-likeness (QED) is 0.903. The molecule has 6 nitrogen and oxygen atoms in total. The first-order chi connectivity index (χ1) is 9.49. The molecule has 0 bridgehead atoms. The van der Waals surface area contributed by atoms with Gasteiger partial charge in [0.1, 0.15) is 18.0 Å². The SMILES string of the molecule is O=C(O)c1cnc(COc2c(Cl)cccc2Cl)[nH]c1=O. The number of ether oxygens (including phenoxy) is 1. The highest BCUT2D eigenvalue weighted by Gasteiger charge is 2.11. The number of nitrogens with zero attached hydrogens (tertiary/aromatic N) is 1. The van der Waals surface area contributed by atoms with E-state index < -0.39 is 17.1 Å². The van der Waals surface area contributed by atoms with Crippen LogP contribution in [0, 0.1) is 0 Å². The molecule has 0 amide bonds. The maximum atomic E-state index is 11.4. The van der Waals surface area contributed by atoms with E-state index in [0.717, 1.165) is 6.20 Å². The van der Waals surface area contributed by atoms with Crippen molar-refractivity contribution in [1.29, 1.82) is 0 Å². The van der Waals surface area contributed by atoms with E-state index in [1.54, 1.807) is 18.2 Å². The number of hydrogen-bond acceptors (Lipinski definition) is 4. The van der Waals surface area contributed by atoms with Crippen molar-refractivity contribution in [1.82, 2.24) is 9.97 Å². The molecule has 1 aromatic carbocycles. The van der Waals surface area contributed by atoms with Crippen LogP contribution < -0.4 is 10.3 Å². The van der Waals surface area contributed by atoms with Crippen molar-refractivity contribution in [3.05, 3.63) is 56.2 Å². The number of aromatic carboxylic acids is 1. The van der Waals surface area contributed by atoms with Crippen LogP contribution >= 0.6 is 23.2 Å². The van der Waals surface area contributed by atoms with Gasteiger partial charge in [-0.1, -0.05) is 29.3 Å². The number of carbonyl (C=O) groups is 1. The smallest absolute Gasteiger partial charge is 0.342 e. The molecule has 0 spiro atoms. The van der Waals surface area contributed by atoms with Crippen molar-refractivity contribution < 1.29 is 14.6 Å². The summed E-state index contributed by atoms with van der Waals surface area (Å²) in [6.45, 7) is -0.0986. The molecule has 8 heteroatoms. The Kier molecular flexibility index (Phi) is 4.26. The van der Waals surface area contributed by atoms with Gasteiger partial charge in [0.25, 0.3) is 5.56 Å². The van der Waals surface area contributed by atoms with Gasteiger partial charge < -0.3 is 14.8 Å².